The molecule has 0 aliphatic carbocycles. The maximum absolute atomic E-state index is 2.43. The molecule has 2 heteroatoms. The van der Waals surface area contributed by atoms with Gasteiger partial charge in [0.2, 0.25) is 0 Å². The van der Waals surface area contributed by atoms with E-state index in [0.29, 0.717) is 0 Å². The summed E-state index contributed by atoms with van der Waals surface area (Å²) in [6.07, 6.45) is 6.31. The molecule has 0 heterocycles. The zero-order valence-electron chi connectivity index (χ0n) is 5.98. The molecule has 0 atom stereocenters. The van der Waals surface area contributed by atoms with Gasteiger partial charge in [-0.1, -0.05) is 0 Å². The van der Waals surface area contributed by atoms with E-state index in [4.69, 9.17) is 0 Å². The number of halogens is 1. The van der Waals surface area contributed by atoms with Crippen molar-refractivity contribution in [3.8, 4) is 0 Å². The first kappa shape index (κ1) is 9.99. The van der Waals surface area contributed by atoms with Crippen LogP contribution >= 0.6 is 22.6 Å². The van der Waals surface area contributed by atoms with Crippen LogP contribution in [0.2, 0.25) is 5.82 Å². The van der Waals surface area contributed by atoms with Gasteiger partial charge in [-0.3, -0.25) is 0 Å². The summed E-state index contributed by atoms with van der Waals surface area (Å²) >= 11 is 3.16. The Morgan fingerprint density at radius 1 is 1.67 bits per heavy atom. The fourth-order valence-electron chi connectivity index (χ4n) is 0.503. The second kappa shape index (κ2) is 7.10. The van der Waals surface area contributed by atoms with Crippen molar-refractivity contribution in [1.29, 1.82) is 0 Å². The van der Waals surface area contributed by atoms with E-state index in [-0.39, 0.29) is 0 Å². The van der Waals surface area contributed by atoms with Crippen LogP contribution in [0.1, 0.15) is 26.2 Å². The first-order valence-corrected chi connectivity index (χ1v) is 6.85. The predicted molar refractivity (Wildman–Crippen MR) is 53.2 cm³/mol. The molecule has 0 N–H and O–H groups in total. The van der Waals surface area contributed by atoms with Crippen LogP contribution in [0.5, 0.6) is 0 Å². The van der Waals surface area contributed by atoms with Crippen molar-refractivity contribution >= 4 is 37.5 Å². The van der Waals surface area contributed by atoms with Gasteiger partial charge in [-0.2, -0.15) is 0 Å². The van der Waals surface area contributed by atoms with E-state index in [1.807, 2.05) is 0 Å². The van der Waals surface area contributed by atoms with Gasteiger partial charge in [-0.05, 0) is 0 Å². The van der Waals surface area contributed by atoms with Crippen LogP contribution in [0.4, 0.5) is 0 Å². The van der Waals surface area contributed by atoms with Crippen molar-refractivity contribution in [3.63, 3.8) is 0 Å². The van der Waals surface area contributed by atoms with Crippen molar-refractivity contribution in [2.45, 2.75) is 32.0 Å². The Morgan fingerprint density at radius 3 is 2.78 bits per heavy atom. The molecule has 0 radical (unpaired) electrons. The van der Waals surface area contributed by atoms with E-state index >= 15 is 0 Å². The number of allylic oxidation sites excluding steroid dienone is 1. The number of unbranched alkanes of at least 4 members (excludes halogenated alkanes) is 2. The van der Waals surface area contributed by atoms with E-state index in [2.05, 4.69) is 41.4 Å². The van der Waals surface area contributed by atoms with Crippen LogP contribution in [0, 0.1) is 0 Å². The molecule has 0 aromatic heterocycles. The third-order valence-electron chi connectivity index (χ3n) is 1.06. The van der Waals surface area contributed by atoms with Crippen LogP contribution in [0.15, 0.2) is 8.55 Å². The Morgan fingerprint density at radius 2 is 2.33 bits per heavy atom. The van der Waals surface area contributed by atoms with Gasteiger partial charge in [-0.25, -0.2) is 0 Å². The molecule has 0 spiro atoms. The molecule has 0 fully saturated rings. The van der Waals surface area contributed by atoms with E-state index in [9.17, 15) is 0 Å². The molecule has 0 aromatic rings. The van der Waals surface area contributed by atoms with Gasteiger partial charge >= 0.3 is 78.1 Å². The Balaban J connectivity index is 3.21. The van der Waals surface area contributed by atoms with Gasteiger partial charge in [-0.15, -0.1) is 0 Å². The van der Waals surface area contributed by atoms with Crippen molar-refractivity contribution in [3.05, 3.63) is 8.55 Å². The molecule has 54 valence electrons. The third kappa shape index (κ3) is 6.88. The predicted octanol–water partition coefficient (Wildman–Crippen LogP) is 3.21. The fourth-order valence-corrected chi connectivity index (χ4v) is 1.41. The summed E-state index contributed by atoms with van der Waals surface area (Å²) in [6, 6.07) is 0. The molecule has 0 bridgehead atoms. The normalized spacial score (nSPS) is 12.1. The molecule has 0 unspecified atom stereocenters. The summed E-state index contributed by atoms with van der Waals surface area (Å²) in [5, 5.41) is 0. The third-order valence-corrected chi connectivity index (χ3v) is 4.95. The number of rotatable bonds is 4. The summed E-state index contributed by atoms with van der Waals surface area (Å²) < 4.78 is 1.56. The zero-order chi connectivity index (χ0) is 7.11. The maximum atomic E-state index is 2.43. The summed E-state index contributed by atoms with van der Waals surface area (Å²) in [7, 11) is 0. The van der Waals surface area contributed by atoms with Gasteiger partial charge < -0.3 is 0 Å². The van der Waals surface area contributed by atoms with Crippen LogP contribution in [0.25, 0.3) is 0 Å². The zero-order valence-corrected chi connectivity index (χ0v) is 9.86. The molecule has 0 aliphatic heterocycles. The van der Waals surface area contributed by atoms with E-state index in [1.54, 1.807) is 2.48 Å². The van der Waals surface area contributed by atoms with Gasteiger partial charge in [0.15, 0.2) is 0 Å². The van der Waals surface area contributed by atoms with Gasteiger partial charge in [0.25, 0.3) is 0 Å². The van der Waals surface area contributed by atoms with Crippen molar-refractivity contribution in [2.75, 3.05) is 0 Å². The van der Waals surface area contributed by atoms with Crippen molar-refractivity contribution in [1.82, 2.24) is 0 Å². The van der Waals surface area contributed by atoms with Crippen molar-refractivity contribution < 1.29 is 0 Å². The molecular weight excluding hydrogens is 290 g/mol. The molecule has 0 aromatic carbocycles. The second-order valence-corrected chi connectivity index (χ2v) is 6.44. The SMILES string of the molecule is CCCC/C=C(/I)[Se]C. The summed E-state index contributed by atoms with van der Waals surface area (Å²) in [4.78, 5) is 0. The molecule has 0 amide bonds. The Hall–Kier alpha value is 0.989. The number of hydrogen-bond donors (Lipinski definition) is 0. The summed E-state index contributed by atoms with van der Waals surface area (Å²) in [6.45, 7) is 2.23. The topological polar surface area (TPSA) is 0 Å². The molecule has 0 saturated carbocycles. The molecule has 0 nitrogen and oxygen atoms in total. The Kier molecular flexibility index (Phi) is 7.88. The average molecular weight is 303 g/mol. The van der Waals surface area contributed by atoms with Crippen LogP contribution < -0.4 is 0 Å². The monoisotopic (exact) mass is 304 g/mol. The molecule has 0 aliphatic rings. The van der Waals surface area contributed by atoms with E-state index in [1.165, 1.54) is 19.3 Å². The quantitative estimate of drug-likeness (QED) is 0.425. The Bertz CT molecular complexity index is 88.9. The van der Waals surface area contributed by atoms with E-state index in [0.717, 1.165) is 15.0 Å². The first-order valence-electron chi connectivity index (χ1n) is 3.21. The van der Waals surface area contributed by atoms with Crippen molar-refractivity contribution in [2.24, 2.45) is 0 Å². The van der Waals surface area contributed by atoms with Crippen LogP contribution in [-0.2, 0) is 0 Å². The molecule has 0 saturated heterocycles. The summed E-state index contributed by atoms with van der Waals surface area (Å²) in [5.41, 5.74) is 0. The minimum atomic E-state index is 0.730. The Labute approximate surface area is 77.8 Å². The van der Waals surface area contributed by atoms with Gasteiger partial charge in [0.1, 0.15) is 0 Å². The number of hydrogen-bond acceptors (Lipinski definition) is 0. The van der Waals surface area contributed by atoms with Crippen LogP contribution in [0.3, 0.4) is 0 Å². The minimum absolute atomic E-state index is 0.730. The second-order valence-electron chi connectivity index (χ2n) is 1.85. The molecule has 9 heavy (non-hydrogen) atoms. The summed E-state index contributed by atoms with van der Waals surface area (Å²) in [5.74, 6) is 2.26. The van der Waals surface area contributed by atoms with Gasteiger partial charge in [0.05, 0.1) is 0 Å². The fraction of sp³-hybridized carbons (Fsp3) is 0.714. The molecule has 0 rings (SSSR count). The first-order chi connectivity index (χ1) is 4.31. The standard InChI is InChI=1S/C7H13ISe/c1-3-4-5-6-7(8)9-2/h6H,3-5H2,1-2H3/b7-6-. The van der Waals surface area contributed by atoms with E-state index < -0.39 is 0 Å². The van der Waals surface area contributed by atoms with Crippen LogP contribution in [-0.4, -0.2) is 15.0 Å². The van der Waals surface area contributed by atoms with Gasteiger partial charge in [0, 0.05) is 0 Å². The molecular formula is C7H13ISe. The average Bonchev–Trinajstić information content (AvgIpc) is 1.89.